The van der Waals surface area contributed by atoms with Crippen LogP contribution in [0.1, 0.15) is 22.3 Å². The van der Waals surface area contributed by atoms with Crippen molar-refractivity contribution in [3.63, 3.8) is 0 Å². The summed E-state index contributed by atoms with van der Waals surface area (Å²) < 4.78 is 51.9. The zero-order valence-electron chi connectivity index (χ0n) is 14.6. The van der Waals surface area contributed by atoms with E-state index in [1.807, 2.05) is 0 Å². The number of sulfonamides is 1. The number of anilines is 1. The molecule has 1 aliphatic heterocycles. The van der Waals surface area contributed by atoms with Gasteiger partial charge in [-0.3, -0.25) is 4.31 Å². The number of aromatic carboxylic acids is 1. The molecule has 1 aliphatic rings. The molecule has 0 amide bonds. The molecule has 144 valence electrons. The van der Waals surface area contributed by atoms with Crippen LogP contribution in [-0.4, -0.2) is 45.5 Å². The second kappa shape index (κ2) is 6.97. The molecule has 0 radical (unpaired) electrons. The Morgan fingerprint density at radius 1 is 1.15 bits per heavy atom. The van der Waals surface area contributed by atoms with E-state index in [4.69, 9.17) is 0 Å². The van der Waals surface area contributed by atoms with Crippen LogP contribution in [0.2, 0.25) is 0 Å². The van der Waals surface area contributed by atoms with Crippen molar-refractivity contribution in [1.82, 2.24) is 0 Å². The van der Waals surface area contributed by atoms with Gasteiger partial charge in [0.25, 0.3) is 10.0 Å². The molecule has 0 aromatic heterocycles. The van der Waals surface area contributed by atoms with Crippen molar-refractivity contribution in [2.24, 2.45) is 0 Å². The summed E-state index contributed by atoms with van der Waals surface area (Å²) in [5.74, 6) is -1.58. The Kier molecular flexibility index (Phi) is 5.00. The Morgan fingerprint density at radius 3 is 2.37 bits per heavy atom. The fourth-order valence-electron chi connectivity index (χ4n) is 3.20. The lowest BCUT2D eigenvalue weighted by Crippen LogP contribution is -2.41. The van der Waals surface area contributed by atoms with E-state index in [-0.39, 0.29) is 28.4 Å². The summed E-state index contributed by atoms with van der Waals surface area (Å²) in [6.07, 6.45) is 0.189. The molecule has 2 aromatic carbocycles. The number of para-hydroxylation sites is 1. The van der Waals surface area contributed by atoms with E-state index >= 15 is 0 Å². The topological polar surface area (TPSA) is 109 Å². The highest BCUT2D eigenvalue weighted by molar-refractivity contribution is 7.93. The van der Waals surface area contributed by atoms with E-state index in [1.54, 1.807) is 37.3 Å². The molecular weight excluding hydrogens is 390 g/mol. The van der Waals surface area contributed by atoms with Crippen molar-refractivity contribution >= 4 is 31.5 Å². The number of hydrogen-bond acceptors (Lipinski definition) is 5. The van der Waals surface area contributed by atoms with Crippen LogP contribution in [0.15, 0.2) is 53.4 Å². The fraction of sp³-hybridized carbons (Fsp3) is 0.278. The highest BCUT2D eigenvalue weighted by Crippen LogP contribution is 2.32. The van der Waals surface area contributed by atoms with Crippen LogP contribution in [0, 0.1) is 6.92 Å². The molecule has 0 unspecified atom stereocenters. The quantitative estimate of drug-likeness (QED) is 0.810. The normalized spacial score (nSPS) is 18.9. The van der Waals surface area contributed by atoms with Gasteiger partial charge in [0.1, 0.15) is 0 Å². The summed E-state index contributed by atoms with van der Waals surface area (Å²) in [5, 5.41) is 9.21. The lowest BCUT2D eigenvalue weighted by atomic mass is 10.1. The molecule has 7 nitrogen and oxygen atoms in total. The van der Waals surface area contributed by atoms with Crippen molar-refractivity contribution in [1.29, 1.82) is 0 Å². The third-order valence-corrected chi connectivity index (χ3v) is 8.30. The van der Waals surface area contributed by atoms with E-state index < -0.39 is 31.9 Å². The number of carbonyl (C=O) groups is 1. The molecule has 1 saturated heterocycles. The average Bonchev–Trinajstić information content (AvgIpc) is 2.95. The second-order valence-corrected chi connectivity index (χ2v) is 10.5. The summed E-state index contributed by atoms with van der Waals surface area (Å²) in [7, 11) is -7.49. The van der Waals surface area contributed by atoms with Gasteiger partial charge in [-0.1, -0.05) is 24.3 Å². The number of sulfone groups is 1. The average molecular weight is 409 g/mol. The fourth-order valence-corrected chi connectivity index (χ4v) is 6.93. The van der Waals surface area contributed by atoms with Gasteiger partial charge in [0.2, 0.25) is 0 Å². The van der Waals surface area contributed by atoms with Crippen LogP contribution in [0.5, 0.6) is 0 Å². The van der Waals surface area contributed by atoms with E-state index in [0.29, 0.717) is 11.3 Å². The molecule has 1 N–H and O–H groups in total. The first-order chi connectivity index (χ1) is 12.6. The SMILES string of the molecule is Cc1ccc(C(=O)O)cc1S(=O)(=O)N(c1ccccc1)[C@@H]1CCS(=O)(=O)C1. The molecule has 3 rings (SSSR count). The molecule has 9 heteroatoms. The summed E-state index contributed by atoms with van der Waals surface area (Å²) >= 11 is 0. The number of hydrogen-bond donors (Lipinski definition) is 1. The summed E-state index contributed by atoms with van der Waals surface area (Å²) in [5.41, 5.74) is 0.591. The molecule has 27 heavy (non-hydrogen) atoms. The number of rotatable bonds is 5. The van der Waals surface area contributed by atoms with Gasteiger partial charge in [-0.2, -0.15) is 0 Å². The number of benzene rings is 2. The van der Waals surface area contributed by atoms with Crippen LogP contribution in [0.4, 0.5) is 5.69 Å². The number of aryl methyl sites for hydroxylation is 1. The minimum Gasteiger partial charge on any atom is -0.478 e. The van der Waals surface area contributed by atoms with E-state index in [2.05, 4.69) is 0 Å². The number of carboxylic acids is 1. The Morgan fingerprint density at radius 2 is 1.81 bits per heavy atom. The van der Waals surface area contributed by atoms with Crippen LogP contribution >= 0.6 is 0 Å². The van der Waals surface area contributed by atoms with Crippen molar-refractivity contribution in [2.75, 3.05) is 15.8 Å². The first kappa shape index (κ1) is 19.4. The highest BCUT2D eigenvalue weighted by Gasteiger charge is 2.39. The Bertz CT molecular complexity index is 1080. The number of carboxylic acid groups (broad SMARTS) is 1. The molecule has 1 heterocycles. The smallest absolute Gasteiger partial charge is 0.335 e. The second-order valence-electron chi connectivity index (χ2n) is 6.48. The van der Waals surface area contributed by atoms with Crippen LogP contribution in [0.3, 0.4) is 0 Å². The number of nitrogens with zero attached hydrogens (tertiary/aromatic N) is 1. The van der Waals surface area contributed by atoms with Crippen molar-refractivity contribution in [2.45, 2.75) is 24.3 Å². The van der Waals surface area contributed by atoms with Crippen LogP contribution < -0.4 is 4.31 Å². The summed E-state index contributed by atoms with van der Waals surface area (Å²) in [4.78, 5) is 11.1. The van der Waals surface area contributed by atoms with Crippen LogP contribution in [0.25, 0.3) is 0 Å². The maximum Gasteiger partial charge on any atom is 0.335 e. The molecule has 1 atom stereocenters. The van der Waals surface area contributed by atoms with Gasteiger partial charge in [0.05, 0.1) is 33.7 Å². The first-order valence-corrected chi connectivity index (χ1v) is 11.5. The van der Waals surface area contributed by atoms with E-state index in [0.717, 1.165) is 10.4 Å². The third kappa shape index (κ3) is 3.84. The molecule has 0 spiro atoms. The zero-order valence-corrected chi connectivity index (χ0v) is 16.2. The van der Waals surface area contributed by atoms with Crippen molar-refractivity contribution < 1.29 is 26.7 Å². The van der Waals surface area contributed by atoms with Gasteiger partial charge in [-0.05, 0) is 43.2 Å². The lowest BCUT2D eigenvalue weighted by Gasteiger charge is -2.30. The molecular formula is C18H19NO6S2. The highest BCUT2D eigenvalue weighted by atomic mass is 32.2. The monoisotopic (exact) mass is 409 g/mol. The minimum atomic E-state index is -4.17. The molecule has 1 fully saturated rings. The lowest BCUT2D eigenvalue weighted by molar-refractivity contribution is 0.0696. The largest absolute Gasteiger partial charge is 0.478 e. The van der Waals surface area contributed by atoms with Gasteiger partial charge in [0, 0.05) is 0 Å². The Labute approximate surface area is 158 Å². The third-order valence-electron chi connectivity index (χ3n) is 4.52. The van der Waals surface area contributed by atoms with E-state index in [9.17, 15) is 26.7 Å². The minimum absolute atomic E-state index is 0.0787. The summed E-state index contributed by atoms with van der Waals surface area (Å²) in [6.45, 7) is 1.58. The zero-order chi connectivity index (χ0) is 19.8. The van der Waals surface area contributed by atoms with Gasteiger partial charge >= 0.3 is 5.97 Å². The van der Waals surface area contributed by atoms with Gasteiger partial charge < -0.3 is 5.11 Å². The molecule has 0 bridgehead atoms. The maximum absolute atomic E-state index is 13.5. The van der Waals surface area contributed by atoms with Gasteiger partial charge in [-0.25, -0.2) is 21.6 Å². The Hall–Kier alpha value is -2.39. The molecule has 0 saturated carbocycles. The standard InChI is InChI=1S/C18H19NO6S2/c1-13-7-8-14(18(20)21)11-17(13)27(24,25)19(15-5-3-2-4-6-15)16-9-10-26(22,23)12-16/h2-8,11,16H,9-10,12H2,1H3,(H,20,21)/t16-/m1/s1. The predicted octanol–water partition coefficient (Wildman–Crippen LogP) is 2.08. The van der Waals surface area contributed by atoms with Crippen LogP contribution in [-0.2, 0) is 19.9 Å². The van der Waals surface area contributed by atoms with Crippen molar-refractivity contribution in [3.8, 4) is 0 Å². The first-order valence-electron chi connectivity index (χ1n) is 8.26. The van der Waals surface area contributed by atoms with Gasteiger partial charge in [0.15, 0.2) is 9.84 Å². The maximum atomic E-state index is 13.5. The van der Waals surface area contributed by atoms with E-state index in [1.165, 1.54) is 12.1 Å². The molecule has 2 aromatic rings. The molecule has 0 aliphatic carbocycles. The Balaban J connectivity index is 2.17. The predicted molar refractivity (Wildman–Crippen MR) is 101 cm³/mol. The van der Waals surface area contributed by atoms with Crippen molar-refractivity contribution in [3.05, 3.63) is 59.7 Å². The summed E-state index contributed by atoms with van der Waals surface area (Å²) in [6, 6.07) is 11.4. The van der Waals surface area contributed by atoms with Gasteiger partial charge in [-0.15, -0.1) is 0 Å².